The molecule has 4 nitrogen and oxygen atoms in total. The van der Waals surface area contributed by atoms with E-state index in [1.165, 1.54) is 0 Å². The highest BCUT2D eigenvalue weighted by Gasteiger charge is 1.98. The maximum Gasteiger partial charge on any atom is 0.409 e. The molecule has 102 valence electrons. The van der Waals surface area contributed by atoms with Crippen LogP contribution in [0.15, 0.2) is 48.5 Å². The highest BCUT2D eigenvalue weighted by atomic mass is 16.5. The smallest absolute Gasteiger partial charge is 0.409 e. The molecule has 0 saturated carbocycles. The predicted molar refractivity (Wildman–Crippen MR) is 77.9 cm³/mol. The highest BCUT2D eigenvalue weighted by Crippen LogP contribution is 2.16. The van der Waals surface area contributed by atoms with E-state index in [1.807, 2.05) is 42.5 Å². The van der Waals surface area contributed by atoms with Gasteiger partial charge in [0.05, 0.1) is 6.61 Å². The summed E-state index contributed by atoms with van der Waals surface area (Å²) >= 11 is 0. The van der Waals surface area contributed by atoms with E-state index in [0.717, 1.165) is 16.7 Å². The van der Waals surface area contributed by atoms with Gasteiger partial charge in [0.1, 0.15) is 5.75 Å². The van der Waals surface area contributed by atoms with Crippen molar-refractivity contribution in [2.45, 2.75) is 6.61 Å². The Morgan fingerprint density at radius 2 is 1.80 bits per heavy atom. The number of amides is 1. The first-order valence-corrected chi connectivity index (χ1v) is 6.12. The molecule has 0 atom stereocenters. The van der Waals surface area contributed by atoms with E-state index in [1.54, 1.807) is 18.2 Å². The Morgan fingerprint density at radius 1 is 1.10 bits per heavy atom. The molecule has 0 heterocycles. The molecule has 0 spiro atoms. The fourth-order valence-electron chi connectivity index (χ4n) is 1.72. The van der Waals surface area contributed by atoms with Gasteiger partial charge in [-0.05, 0) is 28.8 Å². The molecule has 2 rings (SSSR count). The van der Waals surface area contributed by atoms with Crippen LogP contribution in [-0.4, -0.2) is 11.2 Å². The summed E-state index contributed by atoms with van der Waals surface area (Å²) in [6, 6.07) is 14.6. The lowest BCUT2D eigenvalue weighted by Gasteiger charge is -2.01. The molecule has 1 amide bonds. The van der Waals surface area contributed by atoms with Gasteiger partial charge in [-0.25, -0.2) is 4.79 Å². The number of hydrogen-bond acceptors (Lipinski definition) is 3. The van der Waals surface area contributed by atoms with Crippen LogP contribution in [0.2, 0.25) is 0 Å². The number of carbonyl (C=O) groups excluding carboxylic acids is 1. The fourth-order valence-corrected chi connectivity index (χ4v) is 1.72. The third kappa shape index (κ3) is 3.96. The first kappa shape index (κ1) is 13.8. The van der Waals surface area contributed by atoms with Crippen LogP contribution in [0, 0.1) is 0 Å². The second kappa shape index (κ2) is 6.54. The summed E-state index contributed by atoms with van der Waals surface area (Å²) in [6.45, 7) is 0.0382. The van der Waals surface area contributed by atoms with Gasteiger partial charge in [-0.1, -0.05) is 48.6 Å². The summed E-state index contributed by atoms with van der Waals surface area (Å²) in [7, 11) is 0. The van der Waals surface area contributed by atoms with Crippen LogP contribution in [0.5, 0.6) is 5.75 Å². The van der Waals surface area contributed by atoms with Gasteiger partial charge < -0.3 is 15.6 Å². The molecule has 0 aliphatic carbocycles. The second-order valence-corrected chi connectivity index (χ2v) is 4.23. The number of benzene rings is 2. The molecular weight excluding hydrogens is 254 g/mol. The lowest BCUT2D eigenvalue weighted by molar-refractivity contribution is 0.211. The molecule has 0 unspecified atom stereocenters. The van der Waals surface area contributed by atoms with Crippen molar-refractivity contribution in [3.05, 3.63) is 65.2 Å². The minimum absolute atomic E-state index is 0.0382. The minimum atomic E-state index is -0.828. The van der Waals surface area contributed by atoms with Crippen LogP contribution in [0.25, 0.3) is 12.2 Å². The van der Waals surface area contributed by atoms with E-state index in [-0.39, 0.29) is 6.61 Å². The number of rotatable bonds is 4. The molecule has 4 heteroatoms. The van der Waals surface area contributed by atoms with Gasteiger partial charge >= 0.3 is 6.09 Å². The molecule has 3 N–H and O–H groups in total. The average Bonchev–Trinajstić information content (AvgIpc) is 2.45. The Balaban J connectivity index is 2.11. The third-order valence-electron chi connectivity index (χ3n) is 2.71. The normalized spacial score (nSPS) is 10.7. The van der Waals surface area contributed by atoms with Gasteiger partial charge in [-0.2, -0.15) is 0 Å². The molecule has 2 aromatic rings. The number of aliphatic hydroxyl groups is 1. The summed E-state index contributed by atoms with van der Waals surface area (Å²) < 4.78 is 4.81. The molecule has 0 aliphatic heterocycles. The molecular formula is C16H15NO3. The van der Waals surface area contributed by atoms with E-state index >= 15 is 0 Å². The number of ether oxygens (including phenoxy) is 1. The Bertz CT molecular complexity index is 618. The third-order valence-corrected chi connectivity index (χ3v) is 2.71. The van der Waals surface area contributed by atoms with Gasteiger partial charge in [0.25, 0.3) is 0 Å². The predicted octanol–water partition coefficient (Wildman–Crippen LogP) is 2.81. The van der Waals surface area contributed by atoms with E-state index in [0.29, 0.717) is 5.75 Å². The topological polar surface area (TPSA) is 72.6 Å². The van der Waals surface area contributed by atoms with Gasteiger partial charge in [0, 0.05) is 0 Å². The molecule has 0 aromatic heterocycles. The van der Waals surface area contributed by atoms with Crippen LogP contribution < -0.4 is 10.5 Å². The van der Waals surface area contributed by atoms with E-state index < -0.39 is 6.09 Å². The first-order chi connectivity index (χ1) is 9.67. The summed E-state index contributed by atoms with van der Waals surface area (Å²) in [5.74, 6) is 0.412. The van der Waals surface area contributed by atoms with Crippen LogP contribution in [0.1, 0.15) is 16.7 Å². The van der Waals surface area contributed by atoms with Gasteiger partial charge in [-0.15, -0.1) is 0 Å². The van der Waals surface area contributed by atoms with Gasteiger partial charge in [-0.3, -0.25) is 0 Å². The van der Waals surface area contributed by atoms with Crippen molar-refractivity contribution in [3.8, 4) is 5.75 Å². The maximum absolute atomic E-state index is 10.7. The van der Waals surface area contributed by atoms with Crippen molar-refractivity contribution >= 4 is 18.2 Å². The summed E-state index contributed by atoms with van der Waals surface area (Å²) in [5, 5.41) is 8.97. The van der Waals surface area contributed by atoms with Crippen molar-refractivity contribution in [1.29, 1.82) is 0 Å². The van der Waals surface area contributed by atoms with Crippen molar-refractivity contribution in [2.24, 2.45) is 5.73 Å². The number of primary amides is 1. The Kier molecular flexibility index (Phi) is 4.52. The van der Waals surface area contributed by atoms with E-state index in [9.17, 15) is 4.79 Å². The van der Waals surface area contributed by atoms with Crippen molar-refractivity contribution < 1.29 is 14.6 Å². The molecule has 20 heavy (non-hydrogen) atoms. The SMILES string of the molecule is NC(=O)Oc1cccc(C=Cc2ccc(CO)cc2)c1. The largest absolute Gasteiger partial charge is 0.410 e. The number of nitrogens with two attached hydrogens (primary N) is 1. The highest BCUT2D eigenvalue weighted by molar-refractivity contribution is 5.72. The minimum Gasteiger partial charge on any atom is -0.410 e. The first-order valence-electron chi connectivity index (χ1n) is 6.12. The van der Waals surface area contributed by atoms with Crippen LogP contribution >= 0.6 is 0 Å². The summed E-state index contributed by atoms with van der Waals surface area (Å²) in [4.78, 5) is 10.7. The molecule has 0 radical (unpaired) electrons. The second-order valence-electron chi connectivity index (χ2n) is 4.23. The van der Waals surface area contributed by atoms with Crippen molar-refractivity contribution in [1.82, 2.24) is 0 Å². The Labute approximate surface area is 117 Å². The fraction of sp³-hybridized carbons (Fsp3) is 0.0625. The Morgan fingerprint density at radius 3 is 2.45 bits per heavy atom. The van der Waals surface area contributed by atoms with Gasteiger partial charge in [0.15, 0.2) is 0 Å². The number of carbonyl (C=O) groups is 1. The van der Waals surface area contributed by atoms with Crippen molar-refractivity contribution in [3.63, 3.8) is 0 Å². The average molecular weight is 269 g/mol. The zero-order valence-corrected chi connectivity index (χ0v) is 10.8. The zero-order chi connectivity index (χ0) is 14.4. The van der Waals surface area contributed by atoms with E-state index in [2.05, 4.69) is 0 Å². The number of hydrogen-bond donors (Lipinski definition) is 2. The monoisotopic (exact) mass is 269 g/mol. The summed E-state index contributed by atoms with van der Waals surface area (Å²) in [5.41, 5.74) is 7.76. The zero-order valence-electron chi connectivity index (χ0n) is 10.8. The standard InChI is InChI=1S/C16H15NO3/c17-16(19)20-15-3-1-2-13(10-15)7-4-12-5-8-14(11-18)9-6-12/h1-10,18H,11H2,(H2,17,19). The molecule has 0 bridgehead atoms. The maximum atomic E-state index is 10.7. The van der Waals surface area contributed by atoms with E-state index in [4.69, 9.17) is 15.6 Å². The lowest BCUT2D eigenvalue weighted by Crippen LogP contribution is -2.16. The van der Waals surface area contributed by atoms with Crippen LogP contribution in [0.3, 0.4) is 0 Å². The molecule has 0 saturated heterocycles. The van der Waals surface area contributed by atoms with Crippen LogP contribution in [0.4, 0.5) is 4.79 Å². The molecule has 0 aliphatic rings. The van der Waals surface area contributed by atoms with Gasteiger partial charge in [0.2, 0.25) is 0 Å². The quantitative estimate of drug-likeness (QED) is 0.838. The summed E-state index contributed by atoms with van der Waals surface area (Å²) in [6.07, 6.45) is 3.01. The van der Waals surface area contributed by atoms with Crippen LogP contribution in [-0.2, 0) is 6.61 Å². The molecule has 0 fully saturated rings. The lowest BCUT2D eigenvalue weighted by atomic mass is 10.1. The number of aliphatic hydroxyl groups excluding tert-OH is 1. The Hall–Kier alpha value is -2.59. The molecule has 2 aromatic carbocycles. The van der Waals surface area contributed by atoms with Crippen molar-refractivity contribution in [2.75, 3.05) is 0 Å².